The molecule has 0 atom stereocenters. The molecule has 2 rings (SSSR count). The van der Waals surface area contributed by atoms with Gasteiger partial charge in [0.05, 0.1) is 0 Å². The molecule has 0 radical (unpaired) electrons. The lowest BCUT2D eigenvalue weighted by Gasteiger charge is -2.08. The van der Waals surface area contributed by atoms with E-state index in [2.05, 4.69) is 10.5 Å². The van der Waals surface area contributed by atoms with Gasteiger partial charge in [-0.15, -0.1) is 0 Å². The van der Waals surface area contributed by atoms with Gasteiger partial charge in [-0.05, 0) is 37.1 Å². The van der Waals surface area contributed by atoms with Gasteiger partial charge in [0.2, 0.25) is 0 Å². The number of hydrogen-bond donors (Lipinski definition) is 1. The van der Waals surface area contributed by atoms with Crippen molar-refractivity contribution in [3.05, 3.63) is 71.3 Å². The van der Waals surface area contributed by atoms with Crippen LogP contribution >= 0.6 is 0 Å². The molecule has 0 bridgehead atoms. The largest absolute Gasteiger partial charge is 0.483 e. The number of nitrogens with one attached hydrogen (secondary N) is 1. The average Bonchev–Trinajstić information content (AvgIpc) is 2.54. The molecule has 0 aliphatic rings. The zero-order chi connectivity index (χ0) is 16.5. The van der Waals surface area contributed by atoms with Crippen molar-refractivity contribution >= 4 is 18.2 Å². The molecule has 118 valence electrons. The fraction of sp³-hybridized carbons (Fsp3) is 0.158. The lowest BCUT2D eigenvalue weighted by Crippen LogP contribution is -2.24. The average molecular weight is 308 g/mol. The lowest BCUT2D eigenvalue weighted by molar-refractivity contribution is -0.123. The molecule has 2 aromatic carbocycles. The number of nitrogens with zero attached hydrogens (tertiary/aromatic N) is 1. The number of carbonyl (C=O) groups excluding carboxylic acids is 1. The van der Waals surface area contributed by atoms with E-state index in [1.165, 1.54) is 6.21 Å². The van der Waals surface area contributed by atoms with Crippen LogP contribution < -0.4 is 10.2 Å². The van der Waals surface area contributed by atoms with Gasteiger partial charge in [-0.1, -0.05) is 54.1 Å². The van der Waals surface area contributed by atoms with E-state index in [1.807, 2.05) is 68.5 Å². The number of hydrogen-bond acceptors (Lipinski definition) is 3. The van der Waals surface area contributed by atoms with E-state index in [-0.39, 0.29) is 12.5 Å². The van der Waals surface area contributed by atoms with Gasteiger partial charge in [0.1, 0.15) is 5.75 Å². The van der Waals surface area contributed by atoms with Crippen LogP contribution in [0.2, 0.25) is 0 Å². The summed E-state index contributed by atoms with van der Waals surface area (Å²) in [5.74, 6) is 0.410. The van der Waals surface area contributed by atoms with Crippen molar-refractivity contribution in [1.82, 2.24) is 5.43 Å². The minimum absolute atomic E-state index is 0.0658. The van der Waals surface area contributed by atoms with Crippen molar-refractivity contribution < 1.29 is 9.53 Å². The predicted molar refractivity (Wildman–Crippen MR) is 93.5 cm³/mol. The summed E-state index contributed by atoms with van der Waals surface area (Å²) in [7, 11) is 0. The maximum Gasteiger partial charge on any atom is 0.277 e. The Bertz CT molecular complexity index is 707. The molecule has 1 N–H and O–H groups in total. The Labute approximate surface area is 136 Å². The van der Waals surface area contributed by atoms with Gasteiger partial charge in [0, 0.05) is 6.21 Å². The first kappa shape index (κ1) is 16.5. The van der Waals surface area contributed by atoms with Crippen LogP contribution in [0.3, 0.4) is 0 Å². The predicted octanol–water partition coefficient (Wildman–Crippen LogP) is 3.50. The summed E-state index contributed by atoms with van der Waals surface area (Å²) in [5.41, 5.74) is 5.66. The van der Waals surface area contributed by atoms with Crippen LogP contribution in [0.25, 0.3) is 6.08 Å². The second kappa shape index (κ2) is 8.54. The number of ether oxygens (including phenoxy) is 1. The first-order valence-electron chi connectivity index (χ1n) is 7.39. The number of amides is 1. The van der Waals surface area contributed by atoms with Crippen molar-refractivity contribution in [2.45, 2.75) is 13.8 Å². The number of carbonyl (C=O) groups is 1. The van der Waals surface area contributed by atoms with E-state index in [1.54, 1.807) is 6.08 Å². The highest BCUT2D eigenvalue weighted by atomic mass is 16.5. The van der Waals surface area contributed by atoms with E-state index < -0.39 is 0 Å². The second-order valence-electron chi connectivity index (χ2n) is 5.14. The minimum atomic E-state index is -0.297. The highest BCUT2D eigenvalue weighted by Crippen LogP contribution is 2.18. The molecular formula is C19H20N2O2. The van der Waals surface area contributed by atoms with Crippen molar-refractivity contribution in [1.29, 1.82) is 0 Å². The molecule has 2 aromatic rings. The summed E-state index contributed by atoms with van der Waals surface area (Å²) in [4.78, 5) is 11.7. The third-order valence-electron chi connectivity index (χ3n) is 3.13. The molecule has 4 nitrogen and oxygen atoms in total. The van der Waals surface area contributed by atoms with Crippen LogP contribution in [0.1, 0.15) is 16.7 Å². The summed E-state index contributed by atoms with van der Waals surface area (Å²) in [5, 5.41) is 3.84. The highest BCUT2D eigenvalue weighted by Gasteiger charge is 2.03. The molecule has 0 aromatic heterocycles. The van der Waals surface area contributed by atoms with Gasteiger partial charge in [-0.25, -0.2) is 5.43 Å². The maximum atomic E-state index is 11.7. The molecule has 0 saturated carbocycles. The third kappa shape index (κ3) is 5.79. The third-order valence-corrected chi connectivity index (χ3v) is 3.13. The molecule has 0 saturated heterocycles. The van der Waals surface area contributed by atoms with Crippen molar-refractivity contribution in [2.75, 3.05) is 6.61 Å². The van der Waals surface area contributed by atoms with Gasteiger partial charge < -0.3 is 4.74 Å². The zero-order valence-corrected chi connectivity index (χ0v) is 13.3. The zero-order valence-electron chi connectivity index (χ0n) is 13.3. The molecule has 1 amide bonds. The van der Waals surface area contributed by atoms with Crippen LogP contribution in [-0.4, -0.2) is 18.7 Å². The van der Waals surface area contributed by atoms with Crippen LogP contribution in [0, 0.1) is 13.8 Å². The fourth-order valence-electron chi connectivity index (χ4n) is 2.01. The molecule has 0 aliphatic carbocycles. The first-order valence-corrected chi connectivity index (χ1v) is 7.39. The van der Waals surface area contributed by atoms with Crippen LogP contribution in [0.4, 0.5) is 0 Å². The summed E-state index contributed by atoms with van der Waals surface area (Å²) in [6.45, 7) is 3.90. The van der Waals surface area contributed by atoms with Gasteiger partial charge in [-0.3, -0.25) is 4.79 Å². The lowest BCUT2D eigenvalue weighted by atomic mass is 10.1. The number of hydrazone groups is 1. The number of allylic oxidation sites excluding steroid dienone is 1. The SMILES string of the molecule is Cc1ccc(OCC(=O)N/N=C/C=C/c2ccccc2)c(C)c1. The fourth-order valence-corrected chi connectivity index (χ4v) is 2.01. The molecule has 0 aliphatic heterocycles. The molecule has 23 heavy (non-hydrogen) atoms. The molecule has 4 heteroatoms. The number of aryl methyl sites for hydroxylation is 2. The normalized spacial score (nSPS) is 11.0. The van der Waals surface area contributed by atoms with E-state index in [0.717, 1.165) is 16.7 Å². The topological polar surface area (TPSA) is 50.7 Å². The minimum Gasteiger partial charge on any atom is -0.483 e. The molecule has 0 fully saturated rings. The Hall–Kier alpha value is -2.88. The van der Waals surface area contributed by atoms with Crippen molar-refractivity contribution in [3.63, 3.8) is 0 Å². The van der Waals surface area contributed by atoms with Gasteiger partial charge in [0.25, 0.3) is 5.91 Å². The smallest absolute Gasteiger partial charge is 0.277 e. The van der Waals surface area contributed by atoms with E-state index in [0.29, 0.717) is 5.75 Å². The maximum absolute atomic E-state index is 11.7. The van der Waals surface area contributed by atoms with Crippen molar-refractivity contribution in [3.8, 4) is 5.75 Å². The van der Waals surface area contributed by atoms with E-state index >= 15 is 0 Å². The summed E-state index contributed by atoms with van der Waals surface area (Å²) >= 11 is 0. The van der Waals surface area contributed by atoms with Crippen molar-refractivity contribution in [2.24, 2.45) is 5.10 Å². The van der Waals surface area contributed by atoms with Crippen LogP contribution in [0.15, 0.2) is 59.7 Å². The van der Waals surface area contributed by atoms with Crippen LogP contribution in [-0.2, 0) is 4.79 Å². The van der Waals surface area contributed by atoms with Crippen LogP contribution in [0.5, 0.6) is 5.75 Å². The molecule has 0 heterocycles. The summed E-state index contributed by atoms with van der Waals surface area (Å²) in [6, 6.07) is 15.7. The Morgan fingerprint density at radius 2 is 1.96 bits per heavy atom. The highest BCUT2D eigenvalue weighted by molar-refractivity contribution is 5.81. The number of rotatable bonds is 6. The molecular weight excluding hydrogens is 288 g/mol. The first-order chi connectivity index (χ1) is 11.1. The monoisotopic (exact) mass is 308 g/mol. The van der Waals surface area contributed by atoms with Gasteiger partial charge >= 0.3 is 0 Å². The summed E-state index contributed by atoms with van der Waals surface area (Å²) < 4.78 is 5.48. The second-order valence-corrected chi connectivity index (χ2v) is 5.14. The Kier molecular flexibility index (Phi) is 6.12. The Morgan fingerprint density at radius 1 is 1.17 bits per heavy atom. The standard InChI is InChI=1S/C19H20N2O2/c1-15-10-11-18(16(2)13-15)23-14-19(22)21-20-12-6-9-17-7-4-3-5-8-17/h3-13H,14H2,1-2H3,(H,21,22)/b9-6+,20-12+. The quantitative estimate of drug-likeness (QED) is 0.656. The van der Waals surface area contributed by atoms with E-state index in [4.69, 9.17) is 4.74 Å². The van der Waals surface area contributed by atoms with E-state index in [9.17, 15) is 4.79 Å². The Balaban J connectivity index is 1.74. The summed E-state index contributed by atoms with van der Waals surface area (Å²) in [6.07, 6.45) is 5.20. The molecule has 0 unspecified atom stereocenters. The van der Waals surface area contributed by atoms with Gasteiger partial charge in [-0.2, -0.15) is 5.10 Å². The molecule has 0 spiro atoms. The van der Waals surface area contributed by atoms with Gasteiger partial charge in [0.15, 0.2) is 6.61 Å². The number of benzene rings is 2. The Morgan fingerprint density at radius 3 is 2.70 bits per heavy atom.